The lowest BCUT2D eigenvalue weighted by Crippen LogP contribution is -2.52. The molecule has 2 amide bonds. The number of hydrogen-bond donors (Lipinski definition) is 2. The van der Waals surface area contributed by atoms with Crippen LogP contribution in [-0.4, -0.2) is 60.4 Å². The monoisotopic (exact) mass is 529 g/mol. The van der Waals surface area contributed by atoms with Gasteiger partial charge in [-0.1, -0.05) is 38.1 Å². The maximum absolute atomic E-state index is 13.4. The molecule has 2 aromatic heterocycles. The van der Waals surface area contributed by atoms with Crippen molar-refractivity contribution in [2.24, 2.45) is 5.92 Å². The van der Waals surface area contributed by atoms with E-state index in [1.807, 2.05) is 13.8 Å². The van der Waals surface area contributed by atoms with Gasteiger partial charge in [0.05, 0.1) is 16.6 Å². The third kappa shape index (κ3) is 6.23. The molecule has 37 heavy (non-hydrogen) atoms. The molecule has 10 nitrogen and oxygen atoms in total. The number of fused-ring (bicyclic) bond motifs is 1. The van der Waals surface area contributed by atoms with Crippen molar-refractivity contribution in [3.8, 4) is 0 Å². The highest BCUT2D eigenvalue weighted by Crippen LogP contribution is 2.20. The lowest BCUT2D eigenvalue weighted by atomic mass is 10.0. The minimum atomic E-state index is -4.53. The molecule has 2 atom stereocenters. The molecule has 0 aliphatic carbocycles. The van der Waals surface area contributed by atoms with E-state index in [1.54, 1.807) is 24.3 Å². The molecular formula is C26H30N4O6S. The molecule has 2 N–H and O–H groups in total. The average molecular weight is 530 g/mol. The number of nitrogens with zero attached hydrogens (tertiary/aromatic N) is 2. The number of carbonyl (C=O) groups is 3. The van der Waals surface area contributed by atoms with Crippen molar-refractivity contribution in [3.63, 3.8) is 0 Å². The lowest BCUT2D eigenvalue weighted by molar-refractivity contribution is -0.129. The maximum atomic E-state index is 13.4. The van der Waals surface area contributed by atoms with Crippen LogP contribution in [0.5, 0.6) is 0 Å². The Labute approximate surface area is 219 Å². The van der Waals surface area contributed by atoms with E-state index in [1.165, 1.54) is 30.5 Å². The minimum Gasteiger partial charge on any atom is -0.451 e. The molecule has 4 rings (SSSR count). The number of nitrogens with one attached hydrogen (secondary N) is 2. The minimum absolute atomic E-state index is 0.0272. The van der Waals surface area contributed by atoms with Crippen molar-refractivity contribution in [2.75, 3.05) is 13.0 Å². The number of carbonyl (C=O) groups excluding carboxylic acids is 3. The van der Waals surface area contributed by atoms with Crippen LogP contribution < -0.4 is 10.6 Å². The highest BCUT2D eigenvalue weighted by molar-refractivity contribution is 7.89. The van der Waals surface area contributed by atoms with E-state index in [4.69, 9.17) is 8.53 Å². The van der Waals surface area contributed by atoms with E-state index in [0.29, 0.717) is 15.3 Å². The fourth-order valence-electron chi connectivity index (χ4n) is 3.92. The molecule has 0 bridgehead atoms. The van der Waals surface area contributed by atoms with Gasteiger partial charge in [-0.05, 0) is 49.4 Å². The molecule has 1 unspecified atom stereocenters. The number of Topliss-reactive ketones (excluding diaryl/α,β-unsaturated/α-hetero) is 1. The number of ketones is 1. The van der Waals surface area contributed by atoms with Gasteiger partial charge in [0, 0.05) is 18.1 Å². The van der Waals surface area contributed by atoms with Crippen LogP contribution in [0.15, 0.2) is 64.2 Å². The van der Waals surface area contributed by atoms with Crippen molar-refractivity contribution in [1.29, 1.82) is 0 Å². The van der Waals surface area contributed by atoms with Gasteiger partial charge in [0.15, 0.2) is 16.6 Å². The Balaban J connectivity index is 1.56. The van der Waals surface area contributed by atoms with Crippen LogP contribution >= 0.6 is 0 Å². The number of benzene rings is 1. The molecule has 1 saturated heterocycles. The molecule has 1 aliphatic heterocycles. The van der Waals surface area contributed by atoms with Gasteiger partial charge < -0.3 is 15.1 Å². The van der Waals surface area contributed by atoms with E-state index < -0.39 is 57.7 Å². The molecule has 1 aromatic carbocycles. The largest absolute Gasteiger partial charge is 0.451 e. The Bertz CT molecular complexity index is 1500. The first-order valence-electron chi connectivity index (χ1n) is 13.4. The summed E-state index contributed by atoms with van der Waals surface area (Å²) >= 11 is 0. The number of sulfonamides is 1. The first kappa shape index (κ1) is 22.6. The van der Waals surface area contributed by atoms with Gasteiger partial charge in [-0.15, -0.1) is 0 Å². The fourth-order valence-corrected chi connectivity index (χ4v) is 5.17. The van der Waals surface area contributed by atoms with Gasteiger partial charge in [-0.3, -0.25) is 14.4 Å². The summed E-state index contributed by atoms with van der Waals surface area (Å²) in [5.41, 5.74) is 0.485. The van der Waals surface area contributed by atoms with Gasteiger partial charge >= 0.3 is 0 Å². The molecule has 0 radical (unpaired) electrons. The predicted molar refractivity (Wildman–Crippen MR) is 136 cm³/mol. The second-order valence-corrected chi connectivity index (χ2v) is 10.9. The number of para-hydroxylation sites is 1. The Morgan fingerprint density at radius 2 is 2.00 bits per heavy atom. The first-order valence-corrected chi connectivity index (χ1v) is 13.3. The molecule has 196 valence electrons. The van der Waals surface area contributed by atoms with Gasteiger partial charge in [0.1, 0.15) is 11.6 Å². The maximum Gasteiger partial charge on any atom is 0.287 e. The molecule has 1 aliphatic rings. The highest BCUT2D eigenvalue weighted by Gasteiger charge is 2.35. The normalized spacial score (nSPS) is 22.5. The standard InChI is InChI=1S/C26H30N4O6S/c1-17(2)14-20(29-26(33)23-15-18-8-3-4-10-22(18)36-23)25(32)28-19-9-7-13-30(16-21(19)31)37(34,35)24-11-5-6-12-27-24/h3-6,8,10-12,15,17,19-20H,7,9,13-14,16H2,1-2H3,(H,28,32)(H,29,33)/t19?,20-/m0/s1/i16D2,19D. The van der Waals surface area contributed by atoms with Crippen molar-refractivity contribution in [3.05, 3.63) is 60.5 Å². The summed E-state index contributed by atoms with van der Waals surface area (Å²) < 4.78 is 57.8. The fraction of sp³-hybridized carbons (Fsp3) is 0.385. The van der Waals surface area contributed by atoms with E-state index in [9.17, 15) is 22.8 Å². The number of pyridine rings is 1. The lowest BCUT2D eigenvalue weighted by Gasteiger charge is -2.23. The quantitative estimate of drug-likeness (QED) is 0.457. The van der Waals surface area contributed by atoms with Crippen LogP contribution in [-0.2, 0) is 19.6 Å². The van der Waals surface area contributed by atoms with Crippen molar-refractivity contribution in [1.82, 2.24) is 19.9 Å². The Hall–Kier alpha value is -3.57. The van der Waals surface area contributed by atoms with Gasteiger partial charge in [-0.2, -0.15) is 4.31 Å². The van der Waals surface area contributed by atoms with Crippen LogP contribution in [0.3, 0.4) is 0 Å². The zero-order valence-electron chi connectivity index (χ0n) is 23.4. The molecule has 1 fully saturated rings. The van der Waals surface area contributed by atoms with Crippen molar-refractivity contribution >= 4 is 38.6 Å². The summed E-state index contributed by atoms with van der Waals surface area (Å²) in [6.45, 7) is 0.0685. The predicted octanol–water partition coefficient (Wildman–Crippen LogP) is 2.51. The smallest absolute Gasteiger partial charge is 0.287 e. The van der Waals surface area contributed by atoms with E-state index in [-0.39, 0.29) is 30.9 Å². The number of rotatable bonds is 8. The number of amides is 2. The zero-order valence-corrected chi connectivity index (χ0v) is 21.2. The topological polar surface area (TPSA) is 139 Å². The highest BCUT2D eigenvalue weighted by atomic mass is 32.2. The van der Waals surface area contributed by atoms with E-state index in [2.05, 4.69) is 15.6 Å². The Kier molecular flexibility index (Phi) is 6.86. The van der Waals surface area contributed by atoms with Gasteiger partial charge in [0.2, 0.25) is 5.91 Å². The third-order valence-corrected chi connectivity index (χ3v) is 7.36. The third-order valence-electron chi connectivity index (χ3n) is 5.73. The first-order chi connectivity index (χ1) is 18.8. The number of furan rings is 1. The average Bonchev–Trinajstić information content (AvgIpc) is 3.31. The van der Waals surface area contributed by atoms with Gasteiger partial charge in [-0.25, -0.2) is 13.4 Å². The van der Waals surface area contributed by atoms with Crippen molar-refractivity contribution < 1.29 is 31.3 Å². The Morgan fingerprint density at radius 3 is 2.70 bits per heavy atom. The second-order valence-electron chi connectivity index (χ2n) is 9.06. The van der Waals surface area contributed by atoms with Crippen LogP contribution in [0.1, 0.15) is 47.8 Å². The molecule has 3 aromatic rings. The number of aromatic nitrogens is 1. The number of hydrogen-bond acceptors (Lipinski definition) is 7. The molecular weight excluding hydrogens is 496 g/mol. The molecule has 3 heterocycles. The summed E-state index contributed by atoms with van der Waals surface area (Å²) in [5, 5.41) is 5.14. The zero-order chi connectivity index (χ0) is 29.3. The van der Waals surface area contributed by atoms with Gasteiger partial charge in [0.25, 0.3) is 15.9 Å². The molecule has 0 saturated carbocycles. The Morgan fingerprint density at radius 1 is 1.24 bits per heavy atom. The van der Waals surface area contributed by atoms with Crippen LogP contribution in [0.2, 0.25) is 0 Å². The summed E-state index contributed by atoms with van der Waals surface area (Å²) in [4.78, 5) is 43.5. The SMILES string of the molecule is [2H]C1(NC(=O)[C@H](CC(C)C)NC(=O)c2cc3ccccc3o2)CCCN(S(=O)(=O)c2ccccn2)C([2H])([2H])C1=O. The second kappa shape index (κ2) is 11.2. The summed E-state index contributed by atoms with van der Waals surface area (Å²) in [6.07, 6.45) is 0.930. The molecule has 11 heteroatoms. The summed E-state index contributed by atoms with van der Waals surface area (Å²) in [6, 6.07) is 8.93. The van der Waals surface area contributed by atoms with Crippen LogP contribution in [0.25, 0.3) is 11.0 Å². The summed E-state index contributed by atoms with van der Waals surface area (Å²) in [7, 11) is -4.53. The van der Waals surface area contributed by atoms with Crippen LogP contribution in [0.4, 0.5) is 0 Å². The van der Waals surface area contributed by atoms with Crippen molar-refractivity contribution in [2.45, 2.75) is 50.2 Å². The molecule has 0 spiro atoms. The summed E-state index contributed by atoms with van der Waals surface area (Å²) in [5.74, 6) is -3.11. The van der Waals surface area contributed by atoms with E-state index >= 15 is 0 Å². The van der Waals surface area contributed by atoms with Crippen LogP contribution in [0, 0.1) is 5.92 Å². The van der Waals surface area contributed by atoms with E-state index in [0.717, 1.165) is 0 Å².